The zero-order valence-corrected chi connectivity index (χ0v) is 16.2. The third-order valence-electron chi connectivity index (χ3n) is 3.92. The molecular formula is C22H19N3O3S. The molecule has 3 aromatic rings. The SMILES string of the molecule is O=C(NC(=S)NNC(=O)c1ccccc1OCc1ccccc1)c1ccccc1. The molecule has 146 valence electrons. The Labute approximate surface area is 173 Å². The second kappa shape index (κ2) is 10.0. The highest BCUT2D eigenvalue weighted by molar-refractivity contribution is 7.80. The maximum atomic E-state index is 12.5. The molecule has 3 aromatic carbocycles. The van der Waals surface area contributed by atoms with Crippen molar-refractivity contribution in [2.75, 3.05) is 0 Å². The predicted molar refractivity (Wildman–Crippen MR) is 114 cm³/mol. The molecule has 0 spiro atoms. The normalized spacial score (nSPS) is 9.93. The van der Waals surface area contributed by atoms with Crippen molar-refractivity contribution < 1.29 is 14.3 Å². The second-order valence-corrected chi connectivity index (χ2v) is 6.41. The lowest BCUT2D eigenvalue weighted by atomic mass is 10.2. The average molecular weight is 405 g/mol. The maximum absolute atomic E-state index is 12.5. The quantitative estimate of drug-likeness (QED) is 0.449. The number of hydrogen-bond acceptors (Lipinski definition) is 4. The van der Waals surface area contributed by atoms with Gasteiger partial charge in [0.15, 0.2) is 5.11 Å². The third-order valence-corrected chi connectivity index (χ3v) is 4.13. The Balaban J connectivity index is 1.55. The summed E-state index contributed by atoms with van der Waals surface area (Å²) in [6, 6.07) is 25.2. The maximum Gasteiger partial charge on any atom is 0.273 e. The average Bonchev–Trinajstić information content (AvgIpc) is 2.77. The minimum Gasteiger partial charge on any atom is -0.488 e. The summed E-state index contributed by atoms with van der Waals surface area (Å²) in [7, 11) is 0. The van der Waals surface area contributed by atoms with E-state index in [1.807, 2.05) is 36.4 Å². The fraction of sp³-hybridized carbons (Fsp3) is 0.0455. The molecule has 0 bridgehead atoms. The Morgan fingerprint density at radius 3 is 2.10 bits per heavy atom. The summed E-state index contributed by atoms with van der Waals surface area (Å²) in [5.41, 5.74) is 6.79. The van der Waals surface area contributed by atoms with Crippen LogP contribution in [0.1, 0.15) is 26.3 Å². The molecule has 0 unspecified atom stereocenters. The van der Waals surface area contributed by atoms with E-state index < -0.39 is 5.91 Å². The summed E-state index contributed by atoms with van der Waals surface area (Å²) in [4.78, 5) is 24.6. The molecule has 0 saturated heterocycles. The molecule has 6 nitrogen and oxygen atoms in total. The zero-order valence-electron chi connectivity index (χ0n) is 15.4. The van der Waals surface area contributed by atoms with Crippen LogP contribution < -0.4 is 20.9 Å². The van der Waals surface area contributed by atoms with E-state index in [1.165, 1.54) is 0 Å². The van der Waals surface area contributed by atoms with Crippen LogP contribution in [-0.2, 0) is 6.61 Å². The number of hydrazine groups is 1. The summed E-state index contributed by atoms with van der Waals surface area (Å²) in [6.07, 6.45) is 0. The first-order valence-electron chi connectivity index (χ1n) is 8.86. The van der Waals surface area contributed by atoms with Crippen molar-refractivity contribution in [3.63, 3.8) is 0 Å². The summed E-state index contributed by atoms with van der Waals surface area (Å²) >= 11 is 5.06. The van der Waals surface area contributed by atoms with Crippen LogP contribution in [-0.4, -0.2) is 16.9 Å². The lowest BCUT2D eigenvalue weighted by Crippen LogP contribution is -2.48. The molecule has 0 atom stereocenters. The van der Waals surface area contributed by atoms with Gasteiger partial charge in [-0.15, -0.1) is 0 Å². The van der Waals surface area contributed by atoms with Crippen LogP contribution in [0.3, 0.4) is 0 Å². The summed E-state index contributed by atoms with van der Waals surface area (Å²) in [5.74, 6) is -0.371. The Hall–Kier alpha value is -3.71. The van der Waals surface area contributed by atoms with E-state index in [1.54, 1.807) is 48.5 Å². The first kappa shape index (κ1) is 20.0. The van der Waals surface area contributed by atoms with Crippen molar-refractivity contribution in [1.29, 1.82) is 0 Å². The molecule has 7 heteroatoms. The molecule has 0 aliphatic carbocycles. The Morgan fingerprint density at radius 2 is 1.38 bits per heavy atom. The molecule has 2 amide bonds. The fourth-order valence-corrected chi connectivity index (χ4v) is 2.64. The van der Waals surface area contributed by atoms with Gasteiger partial charge in [0.1, 0.15) is 12.4 Å². The highest BCUT2D eigenvalue weighted by Crippen LogP contribution is 2.19. The number of hydrogen-bond donors (Lipinski definition) is 3. The molecule has 0 aliphatic heterocycles. The van der Waals surface area contributed by atoms with Gasteiger partial charge < -0.3 is 4.74 Å². The highest BCUT2D eigenvalue weighted by Gasteiger charge is 2.13. The number of amides is 2. The van der Waals surface area contributed by atoms with Gasteiger partial charge >= 0.3 is 0 Å². The standard InChI is InChI=1S/C22H19N3O3S/c26-20(17-11-5-2-6-12-17)23-22(29)25-24-21(27)18-13-7-8-14-19(18)28-15-16-9-3-1-4-10-16/h1-14H,15H2,(H,24,27)(H2,23,25,26,29). The van der Waals surface area contributed by atoms with Gasteiger partial charge in [0.05, 0.1) is 5.56 Å². The van der Waals surface area contributed by atoms with Gasteiger partial charge in [0, 0.05) is 5.56 Å². The van der Waals surface area contributed by atoms with Crippen molar-refractivity contribution in [2.24, 2.45) is 0 Å². The van der Waals surface area contributed by atoms with Crippen LogP contribution in [0, 0.1) is 0 Å². The van der Waals surface area contributed by atoms with E-state index in [0.717, 1.165) is 5.56 Å². The minimum atomic E-state index is -0.440. The predicted octanol–water partition coefficient (Wildman–Crippen LogP) is 3.21. The molecule has 0 heterocycles. The lowest BCUT2D eigenvalue weighted by Gasteiger charge is -2.13. The number of rotatable bonds is 5. The van der Waals surface area contributed by atoms with E-state index in [0.29, 0.717) is 23.5 Å². The van der Waals surface area contributed by atoms with Crippen molar-refractivity contribution in [2.45, 2.75) is 6.61 Å². The second-order valence-electron chi connectivity index (χ2n) is 6.00. The molecule has 3 rings (SSSR count). The Bertz CT molecular complexity index is 994. The number of ether oxygens (including phenoxy) is 1. The van der Waals surface area contributed by atoms with Gasteiger partial charge in [0.2, 0.25) is 0 Å². The number of benzene rings is 3. The summed E-state index contributed by atoms with van der Waals surface area (Å²) in [5, 5.41) is 2.48. The highest BCUT2D eigenvalue weighted by atomic mass is 32.1. The zero-order chi connectivity index (χ0) is 20.5. The first-order chi connectivity index (χ1) is 14.1. The Kier molecular flexibility index (Phi) is 6.91. The number of para-hydroxylation sites is 1. The number of carbonyl (C=O) groups is 2. The summed E-state index contributed by atoms with van der Waals surface area (Å²) in [6.45, 7) is 0.337. The molecular weight excluding hydrogens is 386 g/mol. The van der Waals surface area contributed by atoms with Crippen LogP contribution >= 0.6 is 12.2 Å². The molecule has 3 N–H and O–H groups in total. The topological polar surface area (TPSA) is 79.5 Å². The lowest BCUT2D eigenvalue weighted by molar-refractivity contribution is 0.0930. The number of thiocarbonyl (C=S) groups is 1. The smallest absolute Gasteiger partial charge is 0.273 e. The van der Waals surface area contributed by atoms with Gasteiger partial charge in [0.25, 0.3) is 11.8 Å². The molecule has 0 aliphatic rings. The van der Waals surface area contributed by atoms with Gasteiger partial charge in [-0.05, 0) is 42.0 Å². The van der Waals surface area contributed by atoms with Crippen molar-refractivity contribution in [1.82, 2.24) is 16.2 Å². The largest absolute Gasteiger partial charge is 0.488 e. The van der Waals surface area contributed by atoms with Crippen LogP contribution in [0.5, 0.6) is 5.75 Å². The van der Waals surface area contributed by atoms with Crippen LogP contribution in [0.2, 0.25) is 0 Å². The van der Waals surface area contributed by atoms with E-state index in [-0.39, 0.29) is 11.0 Å². The third kappa shape index (κ3) is 5.88. The molecule has 0 fully saturated rings. The Morgan fingerprint density at radius 1 is 0.759 bits per heavy atom. The van der Waals surface area contributed by atoms with E-state index in [4.69, 9.17) is 17.0 Å². The van der Waals surface area contributed by atoms with Crippen molar-refractivity contribution in [3.8, 4) is 5.75 Å². The molecule has 29 heavy (non-hydrogen) atoms. The van der Waals surface area contributed by atoms with Crippen molar-refractivity contribution in [3.05, 3.63) is 102 Å². The van der Waals surface area contributed by atoms with E-state index in [2.05, 4.69) is 16.2 Å². The number of nitrogens with one attached hydrogen (secondary N) is 3. The minimum absolute atomic E-state index is 0.0186. The molecule has 0 radical (unpaired) electrons. The van der Waals surface area contributed by atoms with E-state index in [9.17, 15) is 9.59 Å². The van der Waals surface area contributed by atoms with Crippen LogP contribution in [0.4, 0.5) is 0 Å². The molecule has 0 saturated carbocycles. The van der Waals surface area contributed by atoms with Crippen molar-refractivity contribution >= 4 is 29.1 Å². The number of carbonyl (C=O) groups excluding carboxylic acids is 2. The monoisotopic (exact) mass is 405 g/mol. The first-order valence-corrected chi connectivity index (χ1v) is 9.27. The van der Waals surface area contributed by atoms with Gasteiger partial charge in [-0.25, -0.2) is 0 Å². The van der Waals surface area contributed by atoms with Crippen LogP contribution in [0.25, 0.3) is 0 Å². The van der Waals surface area contributed by atoms with Gasteiger partial charge in [-0.1, -0.05) is 60.7 Å². The molecule has 0 aromatic heterocycles. The van der Waals surface area contributed by atoms with Crippen LogP contribution in [0.15, 0.2) is 84.9 Å². The fourth-order valence-electron chi connectivity index (χ4n) is 2.49. The van der Waals surface area contributed by atoms with E-state index >= 15 is 0 Å². The summed E-state index contributed by atoms with van der Waals surface area (Å²) < 4.78 is 5.78. The van der Waals surface area contributed by atoms with Gasteiger partial charge in [-0.3, -0.25) is 25.8 Å². The van der Waals surface area contributed by atoms with Gasteiger partial charge in [-0.2, -0.15) is 0 Å².